The summed E-state index contributed by atoms with van der Waals surface area (Å²) in [6.45, 7) is 2.47. The van der Waals surface area contributed by atoms with Crippen LogP contribution in [0.2, 0.25) is 0 Å². The van der Waals surface area contributed by atoms with E-state index >= 15 is 0 Å². The van der Waals surface area contributed by atoms with Crippen LogP contribution in [0.4, 0.5) is 0 Å². The number of nitriles is 1. The van der Waals surface area contributed by atoms with Crippen molar-refractivity contribution < 1.29 is 4.84 Å². The number of hydrogen-bond acceptors (Lipinski definition) is 3. The monoisotopic (exact) mass is 94.0 g/mol. The summed E-state index contributed by atoms with van der Waals surface area (Å²) in [6.07, 6.45) is 1.43. The zero-order valence-electron chi connectivity index (χ0n) is 3.43. The third-order valence-corrected chi connectivity index (χ3v) is 0.533. The van der Waals surface area contributed by atoms with Gasteiger partial charge in [0, 0.05) is 0 Å². The fourth-order valence-electron chi connectivity index (χ4n) is 0.264. The first-order chi connectivity index (χ1) is 3.43. The number of hydrogen-bond donors (Lipinski definition) is 1. The van der Waals surface area contributed by atoms with E-state index in [0.717, 1.165) is 0 Å². The Labute approximate surface area is 41.1 Å². The van der Waals surface area contributed by atoms with Crippen molar-refractivity contribution in [2.75, 3.05) is 0 Å². The second-order valence-corrected chi connectivity index (χ2v) is 0.969. The average molecular weight is 94.1 g/mol. The van der Waals surface area contributed by atoms with Gasteiger partial charge in [-0.1, -0.05) is 0 Å². The van der Waals surface area contributed by atoms with Gasteiger partial charge in [0.15, 0.2) is 0 Å². The van der Waals surface area contributed by atoms with E-state index in [1.165, 1.54) is 6.08 Å². The summed E-state index contributed by atoms with van der Waals surface area (Å²) in [5.41, 5.74) is 2.26. The Morgan fingerprint density at radius 1 is 2.00 bits per heavy atom. The molecule has 0 aromatic heterocycles. The van der Waals surface area contributed by atoms with Crippen molar-refractivity contribution in [3.8, 4) is 6.07 Å². The van der Waals surface area contributed by atoms with Gasteiger partial charge in [0.2, 0.25) is 5.76 Å². The Bertz CT molecular complexity index is 133. The second-order valence-electron chi connectivity index (χ2n) is 0.969. The molecule has 0 bridgehead atoms. The van der Waals surface area contributed by atoms with Crippen LogP contribution in [0.5, 0.6) is 0 Å². The number of nitrogens with one attached hydrogen (secondary N) is 1. The van der Waals surface area contributed by atoms with Crippen LogP contribution in [0, 0.1) is 17.9 Å². The molecule has 34 valence electrons. The summed E-state index contributed by atoms with van der Waals surface area (Å²) in [4.78, 5) is 4.44. The summed E-state index contributed by atoms with van der Waals surface area (Å²) in [5, 5.41) is 8.04. The van der Waals surface area contributed by atoms with Crippen molar-refractivity contribution in [3.63, 3.8) is 0 Å². The first kappa shape index (κ1) is 4.16. The minimum Gasteiger partial charge on any atom is -0.397 e. The number of allylic oxidation sites excluding steroid dienone is 1. The fourth-order valence-corrected chi connectivity index (χ4v) is 0.264. The van der Waals surface area contributed by atoms with E-state index in [1.807, 2.05) is 0 Å². The number of rotatable bonds is 0. The predicted octanol–water partition coefficient (Wildman–Crippen LogP) is -0.0325. The molecule has 1 heterocycles. The molecule has 0 aliphatic carbocycles. The molecular formula is C4H2N2O. The quantitative estimate of drug-likeness (QED) is 0.458. The summed E-state index contributed by atoms with van der Waals surface area (Å²) in [7, 11) is 0. The lowest BCUT2D eigenvalue weighted by atomic mass is 10.5. The van der Waals surface area contributed by atoms with Crippen LogP contribution < -0.4 is 5.48 Å². The standard InChI is InChI=1S/C4H2N2O/c5-3-4-1-2-6-7-4/h1,6H. The van der Waals surface area contributed by atoms with Gasteiger partial charge in [0.1, 0.15) is 12.6 Å². The van der Waals surface area contributed by atoms with Gasteiger partial charge in [-0.15, -0.1) is 5.48 Å². The van der Waals surface area contributed by atoms with Gasteiger partial charge in [-0.25, -0.2) is 0 Å². The van der Waals surface area contributed by atoms with E-state index in [-0.39, 0.29) is 5.76 Å². The van der Waals surface area contributed by atoms with Crippen LogP contribution in [0.25, 0.3) is 0 Å². The highest BCUT2D eigenvalue weighted by atomic mass is 16.7. The maximum atomic E-state index is 8.04. The first-order valence-corrected chi connectivity index (χ1v) is 1.71. The lowest BCUT2D eigenvalue weighted by molar-refractivity contribution is 0.165. The maximum absolute atomic E-state index is 8.04. The molecule has 0 aromatic carbocycles. The number of nitrogens with zero attached hydrogens (tertiary/aromatic N) is 1. The SMILES string of the molecule is N#CC1=C[C]NO1. The maximum Gasteiger partial charge on any atom is 0.221 e. The molecule has 0 atom stereocenters. The van der Waals surface area contributed by atoms with Gasteiger partial charge >= 0.3 is 0 Å². The van der Waals surface area contributed by atoms with Gasteiger partial charge < -0.3 is 4.84 Å². The Hall–Kier alpha value is -1.01. The zero-order valence-corrected chi connectivity index (χ0v) is 3.43. The first-order valence-electron chi connectivity index (χ1n) is 1.71. The van der Waals surface area contributed by atoms with Gasteiger partial charge in [-0.3, -0.25) is 0 Å². The highest BCUT2D eigenvalue weighted by Crippen LogP contribution is 1.99. The van der Waals surface area contributed by atoms with Crippen molar-refractivity contribution in [2.45, 2.75) is 0 Å². The molecule has 1 N–H and O–H groups in total. The van der Waals surface area contributed by atoms with Gasteiger partial charge in [-0.05, 0) is 6.08 Å². The van der Waals surface area contributed by atoms with E-state index in [4.69, 9.17) is 5.26 Å². The van der Waals surface area contributed by atoms with Gasteiger partial charge in [0.05, 0.1) is 0 Å². The molecule has 2 radical (unpaired) electrons. The molecule has 0 aromatic rings. The third-order valence-electron chi connectivity index (χ3n) is 0.533. The molecule has 0 amide bonds. The van der Waals surface area contributed by atoms with Crippen molar-refractivity contribution in [1.29, 1.82) is 5.26 Å². The minimum absolute atomic E-state index is 0.250. The number of hydroxylamine groups is 1. The Kier molecular flexibility index (Phi) is 0.966. The largest absolute Gasteiger partial charge is 0.397 e. The van der Waals surface area contributed by atoms with Crippen LogP contribution in [-0.2, 0) is 4.84 Å². The zero-order chi connectivity index (χ0) is 5.11. The summed E-state index contributed by atoms with van der Waals surface area (Å²) in [6, 6.07) is 1.78. The topological polar surface area (TPSA) is 45.0 Å². The average Bonchev–Trinajstić information content (AvgIpc) is 2.14. The lowest BCUT2D eigenvalue weighted by Gasteiger charge is -1.87. The van der Waals surface area contributed by atoms with E-state index in [9.17, 15) is 0 Å². The highest BCUT2D eigenvalue weighted by Gasteiger charge is 2.01. The molecule has 3 nitrogen and oxygen atoms in total. The van der Waals surface area contributed by atoms with E-state index in [1.54, 1.807) is 6.07 Å². The Morgan fingerprint density at radius 3 is 3.14 bits per heavy atom. The lowest BCUT2D eigenvalue weighted by Crippen LogP contribution is -1.98. The molecule has 0 spiro atoms. The highest BCUT2D eigenvalue weighted by molar-refractivity contribution is 5.18. The molecule has 1 aliphatic heterocycles. The van der Waals surface area contributed by atoms with E-state index < -0.39 is 0 Å². The predicted molar refractivity (Wildman–Crippen MR) is 21.2 cm³/mol. The minimum atomic E-state index is 0.250. The summed E-state index contributed by atoms with van der Waals surface area (Å²) in [5.74, 6) is 0.250. The van der Waals surface area contributed by atoms with E-state index in [2.05, 4.69) is 16.9 Å². The van der Waals surface area contributed by atoms with Gasteiger partial charge in [0.25, 0.3) is 0 Å². The fraction of sp³-hybridized carbons (Fsp3) is 0. The van der Waals surface area contributed by atoms with Crippen LogP contribution in [0.3, 0.4) is 0 Å². The van der Waals surface area contributed by atoms with Gasteiger partial charge in [-0.2, -0.15) is 5.26 Å². The molecule has 1 rings (SSSR count). The van der Waals surface area contributed by atoms with Crippen LogP contribution in [0.15, 0.2) is 11.8 Å². The molecule has 7 heavy (non-hydrogen) atoms. The van der Waals surface area contributed by atoms with Crippen molar-refractivity contribution in [2.24, 2.45) is 0 Å². The van der Waals surface area contributed by atoms with Crippen LogP contribution in [0.1, 0.15) is 0 Å². The summed E-state index contributed by atoms with van der Waals surface area (Å²) >= 11 is 0. The van der Waals surface area contributed by atoms with Crippen molar-refractivity contribution >= 4 is 0 Å². The van der Waals surface area contributed by atoms with Crippen molar-refractivity contribution in [3.05, 3.63) is 18.4 Å². The third kappa shape index (κ3) is 0.699. The molecular weight excluding hydrogens is 92.1 g/mol. The Balaban J connectivity index is 2.57. The Morgan fingerprint density at radius 2 is 2.86 bits per heavy atom. The van der Waals surface area contributed by atoms with Crippen LogP contribution in [-0.4, -0.2) is 0 Å². The smallest absolute Gasteiger partial charge is 0.221 e. The molecule has 0 saturated carbocycles. The molecule has 3 heteroatoms. The second kappa shape index (κ2) is 1.63. The summed E-state index contributed by atoms with van der Waals surface area (Å²) < 4.78 is 0. The molecule has 1 aliphatic rings. The molecule has 0 fully saturated rings. The normalized spacial score (nSPS) is 17.3. The van der Waals surface area contributed by atoms with Crippen molar-refractivity contribution in [1.82, 2.24) is 5.48 Å². The van der Waals surface area contributed by atoms with Crippen LogP contribution >= 0.6 is 0 Å². The molecule has 0 unspecified atom stereocenters. The van der Waals surface area contributed by atoms with E-state index in [0.29, 0.717) is 0 Å². The molecule has 0 saturated heterocycles.